The SMILES string of the molecule is Cc1ccc(CN2CCC3(CC2)C[C@@H](c2ccccc2)C(=O)N3C)o1. The van der Waals surface area contributed by atoms with Crippen molar-refractivity contribution in [3.05, 3.63) is 59.5 Å². The Hall–Kier alpha value is -2.07. The Morgan fingerprint density at radius 2 is 1.84 bits per heavy atom. The Labute approximate surface area is 149 Å². The first-order valence-corrected chi connectivity index (χ1v) is 9.18. The molecule has 0 N–H and O–H groups in total. The van der Waals surface area contributed by atoms with Crippen LogP contribution < -0.4 is 0 Å². The minimum absolute atomic E-state index is 0.0190. The molecular weight excluding hydrogens is 312 g/mol. The molecule has 4 rings (SSSR count). The van der Waals surface area contributed by atoms with Crippen LogP contribution >= 0.6 is 0 Å². The number of carbonyl (C=O) groups is 1. The average Bonchev–Trinajstić information content (AvgIpc) is 3.15. The number of furan rings is 1. The van der Waals surface area contributed by atoms with Crippen LogP contribution in [0.2, 0.25) is 0 Å². The second kappa shape index (κ2) is 6.34. The van der Waals surface area contributed by atoms with Gasteiger partial charge in [0.05, 0.1) is 12.5 Å². The number of nitrogens with zero attached hydrogens (tertiary/aromatic N) is 2. The molecule has 0 aliphatic carbocycles. The number of hydrogen-bond acceptors (Lipinski definition) is 3. The van der Waals surface area contributed by atoms with Crippen LogP contribution in [0.4, 0.5) is 0 Å². The van der Waals surface area contributed by atoms with Gasteiger partial charge in [-0.15, -0.1) is 0 Å². The van der Waals surface area contributed by atoms with Gasteiger partial charge in [0, 0.05) is 25.7 Å². The lowest BCUT2D eigenvalue weighted by Crippen LogP contribution is -2.51. The third-order valence-corrected chi connectivity index (χ3v) is 6.09. The molecule has 2 aliphatic heterocycles. The molecule has 2 aromatic rings. The van der Waals surface area contributed by atoms with Crippen LogP contribution in [0, 0.1) is 6.92 Å². The highest BCUT2D eigenvalue weighted by atomic mass is 16.3. The number of aryl methyl sites for hydroxylation is 1. The largest absolute Gasteiger partial charge is 0.465 e. The molecule has 0 bridgehead atoms. The van der Waals surface area contributed by atoms with Crippen molar-refractivity contribution < 1.29 is 9.21 Å². The lowest BCUT2D eigenvalue weighted by Gasteiger charge is -2.43. The first-order chi connectivity index (χ1) is 12.1. The monoisotopic (exact) mass is 338 g/mol. The van der Waals surface area contributed by atoms with E-state index in [4.69, 9.17) is 4.42 Å². The highest BCUT2D eigenvalue weighted by molar-refractivity contribution is 5.87. The van der Waals surface area contributed by atoms with Gasteiger partial charge < -0.3 is 9.32 Å². The summed E-state index contributed by atoms with van der Waals surface area (Å²) in [6.45, 7) is 4.87. The van der Waals surface area contributed by atoms with Crippen molar-refractivity contribution in [2.24, 2.45) is 0 Å². The second-order valence-corrected chi connectivity index (χ2v) is 7.58. The summed E-state index contributed by atoms with van der Waals surface area (Å²) in [7, 11) is 2.00. The first kappa shape index (κ1) is 16.4. The van der Waals surface area contributed by atoms with E-state index in [1.807, 2.05) is 43.1 Å². The second-order valence-electron chi connectivity index (χ2n) is 7.58. The number of likely N-dealkylation sites (tertiary alicyclic amines) is 2. The molecule has 2 aliphatic rings. The van der Waals surface area contributed by atoms with E-state index in [0.29, 0.717) is 0 Å². The molecule has 132 valence electrons. The van der Waals surface area contributed by atoms with Gasteiger partial charge >= 0.3 is 0 Å². The Morgan fingerprint density at radius 3 is 2.48 bits per heavy atom. The zero-order chi connectivity index (χ0) is 17.4. The molecule has 4 heteroatoms. The van der Waals surface area contributed by atoms with Gasteiger partial charge in [0.1, 0.15) is 11.5 Å². The maximum absolute atomic E-state index is 12.9. The lowest BCUT2D eigenvalue weighted by molar-refractivity contribution is -0.131. The topological polar surface area (TPSA) is 36.7 Å². The molecule has 0 saturated carbocycles. The predicted octanol–water partition coefficient (Wildman–Crippen LogP) is 3.57. The molecule has 2 saturated heterocycles. The fraction of sp³-hybridized carbons (Fsp3) is 0.476. The van der Waals surface area contributed by atoms with Gasteiger partial charge in [-0.3, -0.25) is 9.69 Å². The molecule has 0 radical (unpaired) electrons. The number of rotatable bonds is 3. The maximum Gasteiger partial charge on any atom is 0.230 e. The van der Waals surface area contributed by atoms with Crippen molar-refractivity contribution in [3.63, 3.8) is 0 Å². The van der Waals surface area contributed by atoms with Gasteiger partial charge in [0.2, 0.25) is 5.91 Å². The van der Waals surface area contributed by atoms with Crippen LogP contribution in [0.15, 0.2) is 46.9 Å². The average molecular weight is 338 g/mol. The molecule has 3 heterocycles. The van der Waals surface area contributed by atoms with Crippen LogP contribution in [0.3, 0.4) is 0 Å². The summed E-state index contributed by atoms with van der Waals surface area (Å²) in [6.07, 6.45) is 3.02. The summed E-state index contributed by atoms with van der Waals surface area (Å²) >= 11 is 0. The zero-order valence-corrected chi connectivity index (χ0v) is 15.1. The van der Waals surface area contributed by atoms with E-state index in [1.54, 1.807) is 0 Å². The van der Waals surface area contributed by atoms with Crippen LogP contribution in [0.25, 0.3) is 0 Å². The summed E-state index contributed by atoms with van der Waals surface area (Å²) in [5.41, 5.74) is 1.18. The van der Waals surface area contributed by atoms with Gasteiger partial charge in [-0.2, -0.15) is 0 Å². The number of carbonyl (C=O) groups excluding carboxylic acids is 1. The summed E-state index contributed by atoms with van der Waals surface area (Å²) in [5.74, 6) is 2.30. The van der Waals surface area contributed by atoms with E-state index in [2.05, 4.69) is 23.1 Å². The summed E-state index contributed by atoms with van der Waals surface area (Å²) in [6, 6.07) is 14.3. The molecule has 1 aromatic carbocycles. The predicted molar refractivity (Wildman–Crippen MR) is 97.3 cm³/mol. The highest BCUT2D eigenvalue weighted by Crippen LogP contribution is 2.44. The normalized spacial score (nSPS) is 23.5. The van der Waals surface area contributed by atoms with E-state index < -0.39 is 0 Å². The quantitative estimate of drug-likeness (QED) is 0.858. The Kier molecular flexibility index (Phi) is 4.16. The van der Waals surface area contributed by atoms with Crippen molar-refractivity contribution in [2.75, 3.05) is 20.1 Å². The molecule has 1 atom stereocenters. The zero-order valence-electron chi connectivity index (χ0n) is 15.1. The van der Waals surface area contributed by atoms with Crippen molar-refractivity contribution in [3.8, 4) is 0 Å². The number of benzene rings is 1. The van der Waals surface area contributed by atoms with Crippen molar-refractivity contribution in [1.82, 2.24) is 9.80 Å². The minimum atomic E-state index is 0.0190. The highest BCUT2D eigenvalue weighted by Gasteiger charge is 2.50. The van der Waals surface area contributed by atoms with Crippen LogP contribution in [0.1, 0.15) is 42.3 Å². The Morgan fingerprint density at radius 1 is 1.12 bits per heavy atom. The first-order valence-electron chi connectivity index (χ1n) is 9.18. The fourth-order valence-corrected chi connectivity index (χ4v) is 4.47. The Bertz CT molecular complexity index is 744. The van der Waals surface area contributed by atoms with Crippen molar-refractivity contribution in [2.45, 2.75) is 44.2 Å². The minimum Gasteiger partial charge on any atom is -0.465 e. The van der Waals surface area contributed by atoms with Gasteiger partial charge in [-0.25, -0.2) is 0 Å². The van der Waals surface area contributed by atoms with Crippen molar-refractivity contribution in [1.29, 1.82) is 0 Å². The standard InChI is InChI=1S/C21H26N2O2/c1-16-8-9-18(25-16)15-23-12-10-21(11-13-23)14-19(20(24)22(21)2)17-6-4-3-5-7-17/h3-9,19H,10-15H2,1-2H3/t19-/m0/s1. The lowest BCUT2D eigenvalue weighted by atomic mass is 9.81. The number of piperidine rings is 1. The molecular formula is C21H26N2O2. The van der Waals surface area contributed by atoms with E-state index in [9.17, 15) is 4.79 Å². The van der Waals surface area contributed by atoms with Gasteiger partial charge in [0.25, 0.3) is 0 Å². The fourth-order valence-electron chi connectivity index (χ4n) is 4.47. The van der Waals surface area contributed by atoms with Gasteiger partial charge in [0.15, 0.2) is 0 Å². The van der Waals surface area contributed by atoms with E-state index in [0.717, 1.165) is 56.0 Å². The number of amides is 1. The molecule has 1 aromatic heterocycles. The third kappa shape index (κ3) is 2.99. The van der Waals surface area contributed by atoms with E-state index >= 15 is 0 Å². The molecule has 0 unspecified atom stereocenters. The molecule has 4 nitrogen and oxygen atoms in total. The summed E-state index contributed by atoms with van der Waals surface area (Å²) < 4.78 is 5.71. The van der Waals surface area contributed by atoms with Crippen molar-refractivity contribution >= 4 is 5.91 Å². The summed E-state index contributed by atoms with van der Waals surface area (Å²) in [4.78, 5) is 17.3. The third-order valence-electron chi connectivity index (χ3n) is 6.09. The maximum atomic E-state index is 12.9. The van der Waals surface area contributed by atoms with Gasteiger partial charge in [-0.1, -0.05) is 30.3 Å². The van der Waals surface area contributed by atoms with Crippen LogP contribution in [0.5, 0.6) is 0 Å². The van der Waals surface area contributed by atoms with E-state index in [-0.39, 0.29) is 17.4 Å². The smallest absolute Gasteiger partial charge is 0.230 e. The number of hydrogen-bond donors (Lipinski definition) is 0. The Balaban J connectivity index is 1.44. The van der Waals surface area contributed by atoms with Crippen LogP contribution in [-0.2, 0) is 11.3 Å². The molecule has 2 fully saturated rings. The number of likely N-dealkylation sites (N-methyl/N-ethyl adjacent to an activating group) is 1. The molecule has 25 heavy (non-hydrogen) atoms. The van der Waals surface area contributed by atoms with E-state index in [1.165, 1.54) is 0 Å². The molecule has 1 amide bonds. The van der Waals surface area contributed by atoms with Crippen LogP contribution in [-0.4, -0.2) is 41.4 Å². The summed E-state index contributed by atoms with van der Waals surface area (Å²) in [5, 5.41) is 0. The van der Waals surface area contributed by atoms with Gasteiger partial charge in [-0.05, 0) is 43.9 Å². The molecule has 1 spiro atoms.